The lowest BCUT2D eigenvalue weighted by atomic mass is 9.86. The highest BCUT2D eigenvalue weighted by molar-refractivity contribution is 7.13. The molecule has 1 aliphatic rings. The summed E-state index contributed by atoms with van der Waals surface area (Å²) in [6.45, 7) is 0.549. The highest BCUT2D eigenvalue weighted by Gasteiger charge is 2.22. The van der Waals surface area contributed by atoms with Gasteiger partial charge in [0.15, 0.2) is 0 Å². The predicted molar refractivity (Wildman–Crippen MR) is 102 cm³/mol. The van der Waals surface area contributed by atoms with Gasteiger partial charge in [0.05, 0.1) is 24.4 Å². The number of hydrogen-bond donors (Lipinski definition) is 2. The van der Waals surface area contributed by atoms with Crippen molar-refractivity contribution in [3.05, 3.63) is 64.6 Å². The van der Waals surface area contributed by atoms with Crippen molar-refractivity contribution in [2.24, 2.45) is 5.73 Å². The molecule has 0 radical (unpaired) electrons. The Morgan fingerprint density at radius 3 is 3.12 bits per heavy atom. The smallest absolute Gasteiger partial charge is 0.226 e. The van der Waals surface area contributed by atoms with E-state index in [-0.39, 0.29) is 11.9 Å². The van der Waals surface area contributed by atoms with Crippen molar-refractivity contribution >= 4 is 17.2 Å². The highest BCUT2D eigenvalue weighted by atomic mass is 32.1. The molecule has 0 fully saturated rings. The molecule has 1 atom stereocenters. The fraction of sp³-hybridized carbons (Fsp3) is 0.300. The summed E-state index contributed by atoms with van der Waals surface area (Å²) in [5.41, 5.74) is 11.1. The number of benzene rings is 1. The van der Waals surface area contributed by atoms with E-state index in [4.69, 9.17) is 10.2 Å². The van der Waals surface area contributed by atoms with Crippen LogP contribution in [0.3, 0.4) is 0 Å². The van der Waals surface area contributed by atoms with E-state index in [2.05, 4.69) is 28.5 Å². The van der Waals surface area contributed by atoms with Gasteiger partial charge in [0.2, 0.25) is 5.91 Å². The number of nitrogens with two attached hydrogens (primary N) is 1. The van der Waals surface area contributed by atoms with Crippen molar-refractivity contribution in [3.8, 4) is 10.6 Å². The summed E-state index contributed by atoms with van der Waals surface area (Å²) in [5.74, 6) is 0.00907. The molecule has 1 unspecified atom stereocenters. The summed E-state index contributed by atoms with van der Waals surface area (Å²) in [6, 6.07) is 8.29. The van der Waals surface area contributed by atoms with Crippen molar-refractivity contribution in [1.29, 1.82) is 0 Å². The molecule has 2 aromatic heterocycles. The summed E-state index contributed by atoms with van der Waals surface area (Å²) < 4.78 is 5.09. The number of aromatic nitrogens is 1. The Hall–Kier alpha value is -2.44. The molecule has 0 spiro atoms. The van der Waals surface area contributed by atoms with E-state index in [1.54, 1.807) is 12.5 Å². The SMILES string of the molecule is NCc1ccc2c(c1)CCCC2NC(=O)Cc1csc(-c2ccoc2)n1. The number of hydrogen-bond acceptors (Lipinski definition) is 5. The molecule has 1 aliphatic carbocycles. The number of nitrogens with zero attached hydrogens (tertiary/aromatic N) is 1. The minimum absolute atomic E-state index is 0.00907. The number of amides is 1. The van der Waals surface area contributed by atoms with E-state index in [0.717, 1.165) is 41.1 Å². The summed E-state index contributed by atoms with van der Waals surface area (Å²) >= 11 is 1.53. The average Bonchev–Trinajstić information content (AvgIpc) is 3.33. The van der Waals surface area contributed by atoms with E-state index < -0.39 is 0 Å². The van der Waals surface area contributed by atoms with Crippen LogP contribution in [0.5, 0.6) is 0 Å². The molecule has 3 aromatic rings. The van der Waals surface area contributed by atoms with Crippen LogP contribution in [0.1, 0.15) is 41.3 Å². The summed E-state index contributed by atoms with van der Waals surface area (Å²) in [5, 5.41) is 5.99. The van der Waals surface area contributed by atoms with Gasteiger partial charge in [0, 0.05) is 17.5 Å². The standard InChI is InChI=1S/C20H21N3O2S/c21-10-13-4-5-17-14(8-13)2-1-3-18(17)23-19(24)9-16-12-26-20(22-16)15-6-7-25-11-15/h4-8,11-12,18H,1-3,9-10,21H2,(H,23,24). The van der Waals surface area contributed by atoms with Gasteiger partial charge in [-0.15, -0.1) is 11.3 Å². The molecule has 4 rings (SSSR count). The van der Waals surface area contributed by atoms with Gasteiger partial charge in [-0.05, 0) is 42.0 Å². The van der Waals surface area contributed by atoms with Gasteiger partial charge in [-0.3, -0.25) is 4.79 Å². The minimum atomic E-state index is 0.00907. The largest absolute Gasteiger partial charge is 0.472 e. The third-order valence-corrected chi connectivity index (χ3v) is 5.69. The molecule has 0 saturated heterocycles. The lowest BCUT2D eigenvalue weighted by molar-refractivity contribution is -0.121. The van der Waals surface area contributed by atoms with Crippen LogP contribution in [-0.2, 0) is 24.2 Å². The first kappa shape index (κ1) is 17.0. The van der Waals surface area contributed by atoms with Gasteiger partial charge in [-0.25, -0.2) is 4.98 Å². The van der Waals surface area contributed by atoms with Crippen molar-refractivity contribution in [3.63, 3.8) is 0 Å². The first-order chi connectivity index (χ1) is 12.7. The number of nitrogens with one attached hydrogen (secondary N) is 1. The van der Waals surface area contributed by atoms with E-state index in [9.17, 15) is 4.79 Å². The van der Waals surface area contributed by atoms with E-state index >= 15 is 0 Å². The minimum Gasteiger partial charge on any atom is -0.472 e. The molecule has 3 N–H and O–H groups in total. The zero-order chi connectivity index (χ0) is 17.9. The van der Waals surface area contributed by atoms with E-state index in [0.29, 0.717) is 13.0 Å². The zero-order valence-corrected chi connectivity index (χ0v) is 15.2. The highest BCUT2D eigenvalue weighted by Crippen LogP contribution is 2.30. The van der Waals surface area contributed by atoms with Crippen LogP contribution < -0.4 is 11.1 Å². The van der Waals surface area contributed by atoms with E-state index in [1.165, 1.54) is 22.5 Å². The molecule has 1 aromatic carbocycles. The lowest BCUT2D eigenvalue weighted by Crippen LogP contribution is -2.32. The quantitative estimate of drug-likeness (QED) is 0.722. The maximum Gasteiger partial charge on any atom is 0.226 e. The van der Waals surface area contributed by atoms with Crippen LogP contribution in [0.2, 0.25) is 0 Å². The average molecular weight is 367 g/mol. The molecule has 2 heterocycles. The first-order valence-corrected chi connectivity index (χ1v) is 9.69. The second kappa shape index (κ2) is 7.43. The van der Waals surface area contributed by atoms with Gasteiger partial charge >= 0.3 is 0 Å². The Morgan fingerprint density at radius 2 is 2.31 bits per heavy atom. The van der Waals surface area contributed by atoms with Crippen LogP contribution in [0, 0.1) is 0 Å². The number of carbonyl (C=O) groups is 1. The summed E-state index contributed by atoms with van der Waals surface area (Å²) in [4.78, 5) is 17.1. The number of thiazole rings is 1. The summed E-state index contributed by atoms with van der Waals surface area (Å²) in [7, 11) is 0. The van der Waals surface area contributed by atoms with Crippen LogP contribution in [0.15, 0.2) is 46.6 Å². The van der Waals surface area contributed by atoms with Gasteiger partial charge in [0.25, 0.3) is 0 Å². The monoisotopic (exact) mass is 367 g/mol. The van der Waals surface area contributed by atoms with Crippen LogP contribution >= 0.6 is 11.3 Å². The van der Waals surface area contributed by atoms with E-state index in [1.807, 2.05) is 11.4 Å². The van der Waals surface area contributed by atoms with Crippen LogP contribution in [0.4, 0.5) is 0 Å². The molecule has 134 valence electrons. The molecule has 6 heteroatoms. The maximum absolute atomic E-state index is 12.5. The molecular weight excluding hydrogens is 346 g/mol. The summed E-state index contributed by atoms with van der Waals surface area (Å²) in [6.07, 6.45) is 6.68. The number of fused-ring (bicyclic) bond motifs is 1. The zero-order valence-electron chi connectivity index (χ0n) is 14.4. The number of carbonyl (C=O) groups excluding carboxylic acids is 1. The van der Waals surface area contributed by atoms with Crippen molar-refractivity contribution in [1.82, 2.24) is 10.3 Å². The lowest BCUT2D eigenvalue weighted by Gasteiger charge is -2.27. The van der Waals surface area contributed by atoms with Crippen molar-refractivity contribution < 1.29 is 9.21 Å². The molecule has 0 bridgehead atoms. The molecular formula is C20H21N3O2S. The van der Waals surface area contributed by atoms with Gasteiger partial charge in [-0.1, -0.05) is 18.2 Å². The second-order valence-corrected chi connectivity index (χ2v) is 7.44. The second-order valence-electron chi connectivity index (χ2n) is 6.58. The Bertz CT molecular complexity index is 902. The molecule has 1 amide bonds. The molecule has 5 nitrogen and oxygen atoms in total. The number of furan rings is 1. The Kier molecular flexibility index (Phi) is 4.86. The first-order valence-electron chi connectivity index (χ1n) is 8.81. The third-order valence-electron chi connectivity index (χ3n) is 4.75. The van der Waals surface area contributed by atoms with Gasteiger partial charge in [0.1, 0.15) is 11.3 Å². The molecule has 26 heavy (non-hydrogen) atoms. The van der Waals surface area contributed by atoms with Crippen molar-refractivity contribution in [2.75, 3.05) is 0 Å². The number of aryl methyl sites for hydroxylation is 1. The van der Waals surface area contributed by atoms with Gasteiger partial charge in [-0.2, -0.15) is 0 Å². The normalized spacial score (nSPS) is 16.3. The fourth-order valence-corrected chi connectivity index (χ4v) is 4.27. The number of rotatable bonds is 5. The topological polar surface area (TPSA) is 81.1 Å². The maximum atomic E-state index is 12.5. The molecule has 0 saturated carbocycles. The Labute approximate surface area is 156 Å². The predicted octanol–water partition coefficient (Wildman–Crippen LogP) is 3.60. The Balaban J connectivity index is 1.43. The Morgan fingerprint density at radius 1 is 1.38 bits per heavy atom. The van der Waals surface area contributed by atoms with Crippen molar-refractivity contribution in [2.45, 2.75) is 38.3 Å². The fourth-order valence-electron chi connectivity index (χ4n) is 3.46. The third kappa shape index (κ3) is 3.57. The van der Waals surface area contributed by atoms with Crippen LogP contribution in [0.25, 0.3) is 10.6 Å². The van der Waals surface area contributed by atoms with Gasteiger partial charge < -0.3 is 15.5 Å². The molecule has 0 aliphatic heterocycles. The van der Waals surface area contributed by atoms with Crippen LogP contribution in [-0.4, -0.2) is 10.9 Å².